The standard InChI is InChI=1S/C11H11Cl3N2O2/c12-6-3-7(13)9(8(14)4-6)16-10(17)11(15)1-2-18-5-11/h3-4H,1-2,5,15H2,(H,16,17). The first-order chi connectivity index (χ1) is 8.42. The molecule has 1 fully saturated rings. The highest BCUT2D eigenvalue weighted by Gasteiger charge is 2.38. The first kappa shape index (κ1) is 13.9. The van der Waals surface area contributed by atoms with Crippen molar-refractivity contribution in [1.82, 2.24) is 0 Å². The highest BCUT2D eigenvalue weighted by Crippen LogP contribution is 2.34. The second-order valence-electron chi connectivity index (χ2n) is 4.16. The molecular formula is C11H11Cl3N2O2. The van der Waals surface area contributed by atoms with E-state index >= 15 is 0 Å². The highest BCUT2D eigenvalue weighted by atomic mass is 35.5. The number of nitrogens with two attached hydrogens (primary N) is 1. The Morgan fingerprint density at radius 1 is 1.33 bits per heavy atom. The van der Waals surface area contributed by atoms with Gasteiger partial charge in [-0.3, -0.25) is 4.79 Å². The van der Waals surface area contributed by atoms with Crippen LogP contribution in [0.25, 0.3) is 0 Å². The van der Waals surface area contributed by atoms with Crippen LogP contribution >= 0.6 is 34.8 Å². The predicted molar refractivity (Wildman–Crippen MR) is 72.5 cm³/mol. The van der Waals surface area contributed by atoms with Crippen LogP contribution in [0.1, 0.15) is 6.42 Å². The summed E-state index contributed by atoms with van der Waals surface area (Å²) in [4.78, 5) is 12.1. The first-order valence-electron chi connectivity index (χ1n) is 5.25. The third-order valence-corrected chi connectivity index (χ3v) is 3.56. The van der Waals surface area contributed by atoms with Crippen molar-refractivity contribution in [2.24, 2.45) is 5.73 Å². The van der Waals surface area contributed by atoms with E-state index < -0.39 is 5.54 Å². The summed E-state index contributed by atoms with van der Waals surface area (Å²) in [6.07, 6.45) is 0.460. The van der Waals surface area contributed by atoms with Gasteiger partial charge in [0.25, 0.3) is 0 Å². The largest absolute Gasteiger partial charge is 0.379 e. The summed E-state index contributed by atoms with van der Waals surface area (Å²) in [6, 6.07) is 3.00. The molecule has 1 aliphatic rings. The summed E-state index contributed by atoms with van der Waals surface area (Å²) in [5.41, 5.74) is 5.21. The third kappa shape index (κ3) is 2.73. The fraction of sp³-hybridized carbons (Fsp3) is 0.364. The van der Waals surface area contributed by atoms with E-state index in [4.69, 9.17) is 45.3 Å². The molecule has 0 bridgehead atoms. The summed E-state index contributed by atoms with van der Waals surface area (Å²) in [5, 5.41) is 3.55. The molecule has 0 aliphatic carbocycles. The molecule has 1 unspecified atom stereocenters. The smallest absolute Gasteiger partial charge is 0.247 e. The molecule has 0 saturated carbocycles. The lowest BCUT2D eigenvalue weighted by Crippen LogP contribution is -2.51. The van der Waals surface area contributed by atoms with Crippen LogP contribution in [0, 0.1) is 0 Å². The lowest BCUT2D eigenvalue weighted by Gasteiger charge is -2.21. The lowest BCUT2D eigenvalue weighted by molar-refractivity contribution is -0.121. The van der Waals surface area contributed by atoms with E-state index in [0.29, 0.717) is 23.7 Å². The van der Waals surface area contributed by atoms with Crippen molar-refractivity contribution in [3.8, 4) is 0 Å². The lowest BCUT2D eigenvalue weighted by atomic mass is 9.99. The van der Waals surface area contributed by atoms with Crippen molar-refractivity contribution in [3.63, 3.8) is 0 Å². The van der Waals surface area contributed by atoms with Gasteiger partial charge in [0.1, 0.15) is 5.54 Å². The van der Waals surface area contributed by atoms with Gasteiger partial charge in [0.15, 0.2) is 0 Å². The van der Waals surface area contributed by atoms with Crippen LogP contribution in [0.4, 0.5) is 5.69 Å². The van der Waals surface area contributed by atoms with Gasteiger partial charge < -0.3 is 15.8 Å². The minimum absolute atomic E-state index is 0.182. The number of rotatable bonds is 2. The number of hydrogen-bond acceptors (Lipinski definition) is 3. The van der Waals surface area contributed by atoms with Gasteiger partial charge >= 0.3 is 0 Å². The molecule has 0 aromatic heterocycles. The Hall–Kier alpha value is -0.520. The van der Waals surface area contributed by atoms with Gasteiger partial charge in [-0.1, -0.05) is 34.8 Å². The summed E-state index contributed by atoms with van der Waals surface area (Å²) < 4.78 is 5.13. The van der Waals surface area contributed by atoms with Gasteiger partial charge in [0.2, 0.25) is 5.91 Å². The number of hydrogen-bond donors (Lipinski definition) is 2. The summed E-state index contributed by atoms with van der Waals surface area (Å²) in [7, 11) is 0. The molecule has 0 radical (unpaired) electrons. The molecule has 98 valence electrons. The molecule has 1 aromatic carbocycles. The summed E-state index contributed by atoms with van der Waals surface area (Å²) in [5.74, 6) is -0.369. The Morgan fingerprint density at radius 2 is 1.94 bits per heavy atom. The van der Waals surface area contributed by atoms with Crippen molar-refractivity contribution < 1.29 is 9.53 Å². The Balaban J connectivity index is 2.22. The molecule has 1 aliphatic heterocycles. The summed E-state index contributed by atoms with van der Waals surface area (Å²) in [6.45, 7) is 0.646. The number of halogens is 3. The maximum Gasteiger partial charge on any atom is 0.247 e. The Morgan fingerprint density at radius 3 is 2.44 bits per heavy atom. The van der Waals surface area contributed by atoms with Crippen LogP contribution in [0.5, 0.6) is 0 Å². The second-order valence-corrected chi connectivity index (χ2v) is 5.41. The Bertz CT molecular complexity index is 464. The summed E-state index contributed by atoms with van der Waals surface area (Å²) >= 11 is 17.7. The van der Waals surface area contributed by atoms with Gasteiger partial charge in [-0.15, -0.1) is 0 Å². The molecule has 1 heterocycles. The normalized spacial score (nSPS) is 23.1. The molecule has 2 rings (SSSR count). The van der Waals surface area contributed by atoms with Gasteiger partial charge in [-0.25, -0.2) is 0 Å². The van der Waals surface area contributed by atoms with E-state index in [1.54, 1.807) is 0 Å². The molecule has 3 N–H and O–H groups in total. The molecular weight excluding hydrogens is 298 g/mol. The van der Waals surface area contributed by atoms with Gasteiger partial charge in [0, 0.05) is 11.6 Å². The zero-order valence-corrected chi connectivity index (χ0v) is 11.6. The quantitative estimate of drug-likeness (QED) is 0.883. The number of amides is 1. The number of carbonyl (C=O) groups is 1. The third-order valence-electron chi connectivity index (χ3n) is 2.75. The van der Waals surface area contributed by atoms with Gasteiger partial charge in [0.05, 0.1) is 22.3 Å². The fourth-order valence-electron chi connectivity index (χ4n) is 1.66. The predicted octanol–water partition coefficient (Wildman–Crippen LogP) is 2.70. The average molecular weight is 310 g/mol. The maximum atomic E-state index is 12.1. The fourth-order valence-corrected chi connectivity index (χ4v) is 2.57. The number of carbonyl (C=O) groups excluding carboxylic acids is 1. The van der Waals surface area contributed by atoms with E-state index in [1.807, 2.05) is 0 Å². The molecule has 1 aromatic rings. The Labute approximate surface area is 119 Å². The highest BCUT2D eigenvalue weighted by molar-refractivity contribution is 6.42. The number of anilines is 1. The van der Waals surface area contributed by atoms with Crippen LogP contribution in [0.2, 0.25) is 15.1 Å². The molecule has 7 heteroatoms. The molecule has 0 spiro atoms. The van der Waals surface area contributed by atoms with Crippen LogP contribution in [-0.4, -0.2) is 24.7 Å². The Kier molecular flexibility index (Phi) is 4.04. The van der Waals surface area contributed by atoms with Crippen molar-refractivity contribution >= 4 is 46.4 Å². The molecule has 1 amide bonds. The van der Waals surface area contributed by atoms with Crippen LogP contribution in [-0.2, 0) is 9.53 Å². The average Bonchev–Trinajstić information content (AvgIpc) is 2.71. The minimum Gasteiger partial charge on any atom is -0.379 e. The number of benzene rings is 1. The van der Waals surface area contributed by atoms with Crippen molar-refractivity contribution in [2.45, 2.75) is 12.0 Å². The zero-order valence-electron chi connectivity index (χ0n) is 9.30. The van der Waals surface area contributed by atoms with Crippen molar-refractivity contribution in [1.29, 1.82) is 0 Å². The van der Waals surface area contributed by atoms with Crippen molar-refractivity contribution in [3.05, 3.63) is 27.2 Å². The first-order valence-corrected chi connectivity index (χ1v) is 6.38. The minimum atomic E-state index is -1.04. The van der Waals surface area contributed by atoms with E-state index in [2.05, 4.69) is 5.32 Å². The zero-order chi connectivity index (χ0) is 13.3. The molecule has 18 heavy (non-hydrogen) atoms. The SMILES string of the molecule is NC1(C(=O)Nc2c(Cl)cc(Cl)cc2Cl)CCOC1. The van der Waals surface area contributed by atoms with E-state index in [0.717, 1.165) is 0 Å². The molecule has 1 atom stereocenters. The van der Waals surface area contributed by atoms with E-state index in [9.17, 15) is 4.79 Å². The van der Waals surface area contributed by atoms with Crippen LogP contribution in [0.3, 0.4) is 0 Å². The number of nitrogens with one attached hydrogen (secondary N) is 1. The van der Waals surface area contributed by atoms with Gasteiger partial charge in [-0.05, 0) is 18.6 Å². The van der Waals surface area contributed by atoms with Gasteiger partial charge in [-0.2, -0.15) is 0 Å². The second kappa shape index (κ2) is 5.23. The van der Waals surface area contributed by atoms with E-state index in [-0.39, 0.29) is 22.6 Å². The molecule has 4 nitrogen and oxygen atoms in total. The molecule has 1 saturated heterocycles. The van der Waals surface area contributed by atoms with Crippen LogP contribution < -0.4 is 11.1 Å². The van der Waals surface area contributed by atoms with E-state index in [1.165, 1.54) is 12.1 Å². The number of ether oxygens (including phenoxy) is 1. The maximum absolute atomic E-state index is 12.1. The van der Waals surface area contributed by atoms with Crippen LogP contribution in [0.15, 0.2) is 12.1 Å². The van der Waals surface area contributed by atoms with Crippen molar-refractivity contribution in [2.75, 3.05) is 18.5 Å². The topological polar surface area (TPSA) is 64.4 Å². The monoisotopic (exact) mass is 308 g/mol.